The number of rotatable bonds is 15. The number of aryl methyl sites for hydroxylation is 1. The Morgan fingerprint density at radius 2 is 1.65 bits per heavy atom. The molecule has 0 amide bonds. The van der Waals surface area contributed by atoms with Gasteiger partial charge in [0.05, 0.1) is 13.2 Å². The monoisotopic (exact) mass is 504 g/mol. The summed E-state index contributed by atoms with van der Waals surface area (Å²) in [5, 5.41) is 8.99. The number of hydrogen-bond acceptors (Lipinski definition) is 4. The van der Waals surface area contributed by atoms with Crippen molar-refractivity contribution in [3.8, 4) is 28.0 Å². The second kappa shape index (κ2) is 15.0. The van der Waals surface area contributed by atoms with Gasteiger partial charge in [-0.1, -0.05) is 68.8 Å². The van der Waals surface area contributed by atoms with E-state index in [-0.39, 0.29) is 19.0 Å². The first-order valence-corrected chi connectivity index (χ1v) is 13.1. The third kappa shape index (κ3) is 8.57. The lowest BCUT2D eigenvalue weighted by molar-refractivity contribution is -0.137. The molecule has 3 aromatic rings. The number of halogens is 1. The van der Waals surface area contributed by atoms with Crippen LogP contribution in [-0.4, -0.2) is 30.9 Å². The van der Waals surface area contributed by atoms with Gasteiger partial charge < -0.3 is 14.6 Å². The number of aliphatic hydroxyl groups is 1. The van der Waals surface area contributed by atoms with Gasteiger partial charge >= 0.3 is 5.97 Å². The van der Waals surface area contributed by atoms with Gasteiger partial charge in [-0.25, -0.2) is 9.18 Å². The van der Waals surface area contributed by atoms with Gasteiger partial charge in [-0.3, -0.25) is 0 Å². The van der Waals surface area contributed by atoms with Gasteiger partial charge in [0.1, 0.15) is 11.6 Å². The Morgan fingerprint density at radius 3 is 2.35 bits per heavy atom. The van der Waals surface area contributed by atoms with E-state index in [0.29, 0.717) is 30.8 Å². The number of unbranched alkanes of at least 4 members (excludes halogenated alkanes) is 3. The summed E-state index contributed by atoms with van der Waals surface area (Å²) in [4.78, 5) is 11.4. The lowest BCUT2D eigenvalue weighted by Gasteiger charge is -2.14. The first kappa shape index (κ1) is 28.1. The summed E-state index contributed by atoms with van der Waals surface area (Å²) < 4.78 is 26.3. The summed E-state index contributed by atoms with van der Waals surface area (Å²) in [5.41, 5.74) is 5.17. The molecule has 196 valence electrons. The van der Waals surface area contributed by atoms with Crippen molar-refractivity contribution in [2.45, 2.75) is 51.9 Å². The maximum absolute atomic E-state index is 15.3. The third-order valence-electron chi connectivity index (χ3n) is 6.29. The molecular weight excluding hydrogens is 467 g/mol. The molecule has 0 aliphatic carbocycles. The summed E-state index contributed by atoms with van der Waals surface area (Å²) in [6, 6.07) is 19.2. The largest absolute Gasteiger partial charge is 0.493 e. The van der Waals surface area contributed by atoms with E-state index in [1.54, 1.807) is 12.1 Å². The maximum atomic E-state index is 15.3. The van der Waals surface area contributed by atoms with Crippen LogP contribution in [0.5, 0.6) is 5.75 Å². The van der Waals surface area contributed by atoms with Crippen LogP contribution < -0.4 is 4.74 Å². The van der Waals surface area contributed by atoms with Crippen molar-refractivity contribution in [2.75, 3.05) is 19.8 Å². The molecule has 37 heavy (non-hydrogen) atoms. The van der Waals surface area contributed by atoms with Crippen molar-refractivity contribution < 1.29 is 23.8 Å². The highest BCUT2D eigenvalue weighted by Gasteiger charge is 2.12. The summed E-state index contributed by atoms with van der Waals surface area (Å²) >= 11 is 0. The number of carbonyl (C=O) groups is 1. The number of benzene rings is 3. The average molecular weight is 505 g/mol. The van der Waals surface area contributed by atoms with Crippen LogP contribution in [0.3, 0.4) is 0 Å². The summed E-state index contributed by atoms with van der Waals surface area (Å²) in [6.07, 6.45) is 7.61. The van der Waals surface area contributed by atoms with Crippen LogP contribution in [0, 0.1) is 5.82 Å². The average Bonchev–Trinajstić information content (AvgIpc) is 2.92. The van der Waals surface area contributed by atoms with Crippen LogP contribution in [0.2, 0.25) is 0 Å². The van der Waals surface area contributed by atoms with E-state index < -0.39 is 5.97 Å². The topological polar surface area (TPSA) is 55.8 Å². The molecule has 0 aromatic heterocycles. The summed E-state index contributed by atoms with van der Waals surface area (Å²) in [5.74, 6) is -0.130. The van der Waals surface area contributed by atoms with Crippen LogP contribution in [0.1, 0.15) is 50.2 Å². The van der Waals surface area contributed by atoms with Crippen LogP contribution in [0.25, 0.3) is 22.3 Å². The predicted octanol–water partition coefficient (Wildman–Crippen LogP) is 7.32. The van der Waals surface area contributed by atoms with E-state index in [2.05, 4.69) is 37.8 Å². The quantitative estimate of drug-likeness (QED) is 0.134. The van der Waals surface area contributed by atoms with Crippen molar-refractivity contribution >= 4 is 5.97 Å². The van der Waals surface area contributed by atoms with Gasteiger partial charge in [0.15, 0.2) is 0 Å². The minimum atomic E-state index is -0.489. The van der Waals surface area contributed by atoms with Crippen LogP contribution >= 0.6 is 0 Å². The fraction of sp³-hybridized carbons (Fsp3) is 0.344. The molecule has 0 atom stereocenters. The van der Waals surface area contributed by atoms with Crippen molar-refractivity contribution in [3.05, 3.63) is 90.3 Å². The fourth-order valence-corrected chi connectivity index (χ4v) is 4.17. The molecule has 0 saturated heterocycles. The Hall–Kier alpha value is -3.44. The number of ether oxygens (including phenoxy) is 2. The number of carbonyl (C=O) groups excluding carboxylic acids is 1. The van der Waals surface area contributed by atoms with Gasteiger partial charge in [0.25, 0.3) is 0 Å². The Bertz CT molecular complexity index is 1150. The number of hydrogen-bond donors (Lipinski definition) is 1. The lowest BCUT2D eigenvalue weighted by atomic mass is 9.96. The van der Waals surface area contributed by atoms with Gasteiger partial charge in [-0.15, -0.1) is 0 Å². The van der Waals surface area contributed by atoms with Crippen LogP contribution in [0.15, 0.2) is 73.3 Å². The van der Waals surface area contributed by atoms with E-state index >= 15 is 4.39 Å². The van der Waals surface area contributed by atoms with Crippen molar-refractivity contribution in [3.63, 3.8) is 0 Å². The Kier molecular flexibility index (Phi) is 11.4. The molecule has 0 fully saturated rings. The van der Waals surface area contributed by atoms with Gasteiger partial charge in [-0.2, -0.15) is 0 Å². The molecular formula is C32H37FO4. The van der Waals surface area contributed by atoms with Gasteiger partial charge in [0, 0.05) is 24.7 Å². The molecule has 5 heteroatoms. The van der Waals surface area contributed by atoms with Crippen molar-refractivity contribution in [2.24, 2.45) is 0 Å². The van der Waals surface area contributed by atoms with Gasteiger partial charge in [-0.05, 0) is 71.7 Å². The standard InChI is InChI=1S/C32H37FO4/c1-3-5-6-9-24-10-12-25(13-11-24)26-14-16-29(30(33)23-26)27-15-17-31(36-20-8-7-19-34)28(22-27)18-21-37-32(35)4-2/h4,10-17,22-23,34H,2-3,5-9,18-21H2,1H3. The second-order valence-corrected chi connectivity index (χ2v) is 9.07. The van der Waals surface area contributed by atoms with E-state index in [9.17, 15) is 4.79 Å². The molecule has 0 bridgehead atoms. The highest BCUT2D eigenvalue weighted by atomic mass is 19.1. The van der Waals surface area contributed by atoms with Crippen LogP contribution in [0.4, 0.5) is 4.39 Å². The maximum Gasteiger partial charge on any atom is 0.330 e. The third-order valence-corrected chi connectivity index (χ3v) is 6.29. The Morgan fingerprint density at radius 1 is 0.892 bits per heavy atom. The molecule has 0 unspecified atom stereocenters. The first-order chi connectivity index (χ1) is 18.0. The molecule has 0 spiro atoms. The molecule has 3 rings (SSSR count). The summed E-state index contributed by atoms with van der Waals surface area (Å²) in [7, 11) is 0. The minimum absolute atomic E-state index is 0.116. The molecule has 1 N–H and O–H groups in total. The Balaban J connectivity index is 1.78. The smallest absolute Gasteiger partial charge is 0.330 e. The lowest BCUT2D eigenvalue weighted by Crippen LogP contribution is -2.07. The first-order valence-electron chi connectivity index (χ1n) is 13.1. The SMILES string of the molecule is C=CC(=O)OCCc1cc(-c2ccc(-c3ccc(CCCCC)cc3)cc2F)ccc1OCCCCO. The van der Waals surface area contributed by atoms with Crippen LogP contribution in [-0.2, 0) is 22.4 Å². The molecule has 0 saturated carbocycles. The Labute approximate surface area is 219 Å². The predicted molar refractivity (Wildman–Crippen MR) is 147 cm³/mol. The molecule has 0 aliphatic heterocycles. The van der Waals surface area contributed by atoms with Gasteiger partial charge in [0.2, 0.25) is 0 Å². The van der Waals surface area contributed by atoms with Crippen molar-refractivity contribution in [1.29, 1.82) is 0 Å². The highest BCUT2D eigenvalue weighted by molar-refractivity contribution is 5.81. The van der Waals surface area contributed by atoms with Crippen molar-refractivity contribution in [1.82, 2.24) is 0 Å². The molecule has 0 heterocycles. The van der Waals surface area contributed by atoms with E-state index in [1.165, 1.54) is 24.8 Å². The highest BCUT2D eigenvalue weighted by Crippen LogP contribution is 2.32. The zero-order valence-electron chi connectivity index (χ0n) is 21.7. The molecule has 0 radical (unpaired) electrons. The fourth-order valence-electron chi connectivity index (χ4n) is 4.17. The minimum Gasteiger partial charge on any atom is -0.493 e. The molecule has 4 nitrogen and oxygen atoms in total. The molecule has 3 aromatic carbocycles. The normalized spacial score (nSPS) is 10.8. The molecule has 0 aliphatic rings. The summed E-state index contributed by atoms with van der Waals surface area (Å²) in [6.45, 7) is 6.35. The zero-order valence-corrected chi connectivity index (χ0v) is 21.7. The second-order valence-electron chi connectivity index (χ2n) is 9.07. The zero-order chi connectivity index (χ0) is 26.5. The van der Waals surface area contributed by atoms with E-state index in [0.717, 1.165) is 41.2 Å². The van der Waals surface area contributed by atoms with E-state index in [1.807, 2.05) is 24.3 Å². The van der Waals surface area contributed by atoms with E-state index in [4.69, 9.17) is 14.6 Å². The number of esters is 1. The number of aliphatic hydroxyl groups excluding tert-OH is 1.